The summed E-state index contributed by atoms with van der Waals surface area (Å²) in [4.78, 5) is 37.4. The third kappa shape index (κ3) is 4.84. The van der Waals surface area contributed by atoms with Crippen LogP contribution in [0.1, 0.15) is 10.4 Å². The number of nitrogens with one attached hydrogen (secondary N) is 4. The number of hydrazine groups is 2. The average molecular weight is 498 g/mol. The topological polar surface area (TPSA) is 185 Å². The van der Waals surface area contributed by atoms with Crippen LogP contribution >= 0.6 is 11.9 Å². The van der Waals surface area contributed by atoms with Crippen LogP contribution in [0.4, 0.5) is 5.69 Å². The summed E-state index contributed by atoms with van der Waals surface area (Å²) in [5, 5.41) is 3.12. The summed E-state index contributed by atoms with van der Waals surface area (Å²) in [6.45, 7) is 0. The van der Waals surface area contributed by atoms with Crippen molar-refractivity contribution in [3.8, 4) is 11.4 Å². The third-order valence-electron chi connectivity index (χ3n) is 4.87. The van der Waals surface area contributed by atoms with E-state index in [0.717, 1.165) is 4.90 Å². The normalized spacial score (nSPS) is 11.5. The fourth-order valence-electron chi connectivity index (χ4n) is 3.21. The number of hydrogen-bond acceptors (Lipinski definition) is 9. The molecule has 8 N–H and O–H groups in total. The van der Waals surface area contributed by atoms with E-state index in [-0.39, 0.29) is 22.0 Å². The Hall–Kier alpha value is -3.59. The lowest BCUT2D eigenvalue weighted by molar-refractivity contribution is 0.102. The highest BCUT2D eigenvalue weighted by Crippen LogP contribution is 2.29. The first-order valence-electron chi connectivity index (χ1n) is 9.72. The summed E-state index contributed by atoms with van der Waals surface area (Å²) in [5.74, 6) is 10.1. The van der Waals surface area contributed by atoms with Gasteiger partial charge in [-0.3, -0.25) is 21.3 Å². The smallest absolute Gasteiger partial charge is 0.259 e. The lowest BCUT2D eigenvalue weighted by Crippen LogP contribution is -2.30. The molecule has 0 unspecified atom stereocenters. The molecule has 0 fully saturated rings. The van der Waals surface area contributed by atoms with Crippen LogP contribution in [-0.2, 0) is 10.0 Å². The molecule has 0 bridgehead atoms. The van der Waals surface area contributed by atoms with Crippen molar-refractivity contribution in [2.24, 2.45) is 11.7 Å². The number of carbonyl (C=O) groups is 1. The number of anilines is 1. The van der Waals surface area contributed by atoms with Crippen molar-refractivity contribution in [3.63, 3.8) is 0 Å². The van der Waals surface area contributed by atoms with Crippen LogP contribution in [0.25, 0.3) is 22.3 Å². The quantitative estimate of drug-likeness (QED) is 0.125. The number of para-hydroxylation sites is 1. The number of hydrogen-bond donors (Lipinski definition) is 6. The van der Waals surface area contributed by atoms with Gasteiger partial charge >= 0.3 is 0 Å². The van der Waals surface area contributed by atoms with E-state index in [9.17, 15) is 18.0 Å². The molecule has 4 aromatic rings. The molecule has 3 aromatic carbocycles. The summed E-state index contributed by atoms with van der Waals surface area (Å²) < 4.78 is 24.5. The zero-order valence-corrected chi connectivity index (χ0v) is 19.0. The Labute approximate surface area is 198 Å². The minimum absolute atomic E-state index is 0.0776. The molecule has 13 heteroatoms. The van der Waals surface area contributed by atoms with Crippen molar-refractivity contribution >= 4 is 44.5 Å². The van der Waals surface area contributed by atoms with Crippen molar-refractivity contribution in [3.05, 3.63) is 82.6 Å². The standard InChI is InChI=1S/C21H19N7O4S2/c22-27-33-13-7-5-12(6-8-13)20(29)25-18-10-9-14(34(31,32)28-23)11-16(18)19-24-17-4-2-1-3-15(17)21(30)26-19/h1-11,27-28H,22-23H2,(H,25,29)(H,24,26,30). The van der Waals surface area contributed by atoms with Crippen molar-refractivity contribution in [2.75, 3.05) is 5.32 Å². The summed E-state index contributed by atoms with van der Waals surface area (Å²) in [5.41, 5.74) is 0.774. The molecule has 1 heterocycles. The molecule has 11 nitrogen and oxygen atoms in total. The number of benzene rings is 3. The second kappa shape index (κ2) is 9.72. The number of aromatic amines is 1. The SMILES string of the molecule is NNSc1ccc(C(=O)Nc2ccc(S(=O)(=O)NN)cc2-c2nc3ccccc3c(=O)[nH]2)cc1. The third-order valence-corrected chi connectivity index (χ3v) is 6.68. The van der Waals surface area contributed by atoms with Crippen LogP contribution < -0.4 is 32.2 Å². The zero-order chi connectivity index (χ0) is 24.3. The number of sulfonamides is 1. The summed E-state index contributed by atoms with van der Waals surface area (Å²) in [6, 6.07) is 17.3. The van der Waals surface area contributed by atoms with Gasteiger partial charge in [-0.2, -0.15) is 9.66 Å². The number of rotatable bonds is 7. The van der Waals surface area contributed by atoms with E-state index >= 15 is 0 Å². The molecule has 174 valence electrons. The van der Waals surface area contributed by atoms with Gasteiger partial charge in [0.15, 0.2) is 0 Å². The van der Waals surface area contributed by atoms with E-state index < -0.39 is 21.5 Å². The molecule has 0 saturated carbocycles. The van der Waals surface area contributed by atoms with Gasteiger partial charge < -0.3 is 10.3 Å². The van der Waals surface area contributed by atoms with Gasteiger partial charge in [0.1, 0.15) is 5.82 Å². The molecule has 0 saturated heterocycles. The van der Waals surface area contributed by atoms with Crippen molar-refractivity contribution in [2.45, 2.75) is 9.79 Å². The molecule has 0 aliphatic carbocycles. The highest BCUT2D eigenvalue weighted by atomic mass is 32.2. The summed E-state index contributed by atoms with van der Waals surface area (Å²) in [6.07, 6.45) is 0. The average Bonchev–Trinajstić information content (AvgIpc) is 2.84. The maximum Gasteiger partial charge on any atom is 0.259 e. The number of aromatic nitrogens is 2. The molecule has 34 heavy (non-hydrogen) atoms. The van der Waals surface area contributed by atoms with Crippen LogP contribution in [0.2, 0.25) is 0 Å². The van der Waals surface area contributed by atoms with Gasteiger partial charge in [0.05, 0.1) is 21.5 Å². The van der Waals surface area contributed by atoms with Gasteiger partial charge in [-0.05, 0) is 66.5 Å². The van der Waals surface area contributed by atoms with Crippen LogP contribution in [0.15, 0.2) is 81.3 Å². The first-order chi connectivity index (χ1) is 16.3. The molecule has 1 aromatic heterocycles. The molecular weight excluding hydrogens is 478 g/mol. The second-order valence-electron chi connectivity index (χ2n) is 6.96. The predicted molar refractivity (Wildman–Crippen MR) is 130 cm³/mol. The fourth-order valence-corrected chi connectivity index (χ4v) is 4.28. The minimum Gasteiger partial charge on any atom is -0.321 e. The Morgan fingerprint density at radius 1 is 1.00 bits per heavy atom. The van der Waals surface area contributed by atoms with Gasteiger partial charge in [-0.15, -0.1) is 0 Å². The monoisotopic (exact) mass is 497 g/mol. The first kappa shape index (κ1) is 23.6. The Morgan fingerprint density at radius 3 is 2.44 bits per heavy atom. The van der Waals surface area contributed by atoms with Gasteiger partial charge in [0.2, 0.25) is 0 Å². The van der Waals surface area contributed by atoms with E-state index in [1.807, 2.05) is 0 Å². The van der Waals surface area contributed by atoms with Crippen LogP contribution in [0, 0.1) is 0 Å². The summed E-state index contributed by atoms with van der Waals surface area (Å²) >= 11 is 1.19. The zero-order valence-electron chi connectivity index (χ0n) is 17.4. The van der Waals surface area contributed by atoms with Crippen LogP contribution in [-0.4, -0.2) is 24.3 Å². The Kier molecular flexibility index (Phi) is 6.74. The number of nitrogens with two attached hydrogens (primary N) is 2. The molecule has 0 aliphatic rings. The van der Waals surface area contributed by atoms with Crippen molar-refractivity contribution in [1.29, 1.82) is 0 Å². The maximum atomic E-state index is 12.9. The molecule has 4 rings (SSSR count). The molecule has 0 atom stereocenters. The Morgan fingerprint density at radius 2 is 1.74 bits per heavy atom. The van der Waals surface area contributed by atoms with Crippen LogP contribution in [0.5, 0.6) is 0 Å². The molecule has 0 aliphatic heterocycles. The van der Waals surface area contributed by atoms with Gasteiger partial charge in [-0.25, -0.2) is 13.4 Å². The van der Waals surface area contributed by atoms with E-state index in [4.69, 9.17) is 11.7 Å². The number of amides is 1. The number of fused-ring (bicyclic) bond motifs is 1. The Balaban J connectivity index is 1.80. The van der Waals surface area contributed by atoms with E-state index in [2.05, 4.69) is 20.1 Å². The van der Waals surface area contributed by atoms with Crippen molar-refractivity contribution in [1.82, 2.24) is 19.6 Å². The Bertz CT molecular complexity index is 1540. The fraction of sp³-hybridized carbons (Fsp3) is 0. The minimum atomic E-state index is -4.01. The van der Waals surface area contributed by atoms with E-state index in [1.54, 1.807) is 53.4 Å². The molecule has 0 spiro atoms. The molecular formula is C21H19N7O4S2. The first-order valence-corrected chi connectivity index (χ1v) is 12.0. The van der Waals surface area contributed by atoms with E-state index in [0.29, 0.717) is 16.5 Å². The van der Waals surface area contributed by atoms with E-state index in [1.165, 1.54) is 30.1 Å². The molecule has 1 amide bonds. The highest BCUT2D eigenvalue weighted by Gasteiger charge is 2.19. The predicted octanol–water partition coefficient (Wildman–Crippen LogP) is 1.46. The largest absolute Gasteiger partial charge is 0.321 e. The van der Waals surface area contributed by atoms with Gasteiger partial charge in [0.25, 0.3) is 21.5 Å². The van der Waals surface area contributed by atoms with Gasteiger partial charge in [0, 0.05) is 16.0 Å². The summed E-state index contributed by atoms with van der Waals surface area (Å²) in [7, 11) is -4.01. The maximum absolute atomic E-state index is 12.9. The number of carbonyl (C=O) groups excluding carboxylic acids is 1. The van der Waals surface area contributed by atoms with Gasteiger partial charge in [-0.1, -0.05) is 12.1 Å². The lowest BCUT2D eigenvalue weighted by atomic mass is 10.1. The number of nitrogens with zero attached hydrogens (tertiary/aromatic N) is 1. The number of H-pyrrole nitrogens is 1. The second-order valence-corrected chi connectivity index (χ2v) is 9.58. The molecule has 0 radical (unpaired) electrons. The lowest BCUT2D eigenvalue weighted by Gasteiger charge is -2.13. The van der Waals surface area contributed by atoms with Crippen LogP contribution in [0.3, 0.4) is 0 Å². The van der Waals surface area contributed by atoms with Crippen molar-refractivity contribution < 1.29 is 13.2 Å². The highest BCUT2D eigenvalue weighted by molar-refractivity contribution is 7.97.